The molecule has 2 aliphatic carbocycles. The summed E-state index contributed by atoms with van der Waals surface area (Å²) in [7, 11) is 0. The van der Waals surface area contributed by atoms with Crippen LogP contribution in [0.4, 0.5) is 17.1 Å². The summed E-state index contributed by atoms with van der Waals surface area (Å²) < 4.78 is 2.66. The van der Waals surface area contributed by atoms with Gasteiger partial charge in [0.2, 0.25) is 0 Å². The summed E-state index contributed by atoms with van der Waals surface area (Å²) in [4.78, 5) is 2.46. The van der Waals surface area contributed by atoms with Crippen LogP contribution in [0.15, 0.2) is 176 Å². The Morgan fingerprint density at radius 2 is 0.893 bits per heavy atom. The number of fused-ring (bicyclic) bond motifs is 9. The minimum Gasteiger partial charge on any atom is -0.310 e. The predicted octanol–water partition coefficient (Wildman–Crippen LogP) is 15.5. The molecule has 2 heteroatoms. The molecule has 11 rings (SSSR count). The Morgan fingerprint density at radius 3 is 1.62 bits per heavy atom. The summed E-state index contributed by atoms with van der Waals surface area (Å²) in [6.07, 6.45) is 0. The van der Waals surface area contributed by atoms with Gasteiger partial charge < -0.3 is 4.90 Å². The lowest BCUT2D eigenvalue weighted by molar-refractivity contribution is 0.660. The average Bonchev–Trinajstić information content (AvgIpc) is 3.81. The molecule has 9 aromatic rings. The van der Waals surface area contributed by atoms with Crippen molar-refractivity contribution in [2.75, 3.05) is 4.90 Å². The molecule has 0 saturated carbocycles. The van der Waals surface area contributed by atoms with E-state index in [4.69, 9.17) is 0 Å². The number of nitrogens with zero attached hydrogens (tertiary/aromatic N) is 1. The first-order valence-electron chi connectivity index (χ1n) is 19.7. The highest BCUT2D eigenvalue weighted by Gasteiger charge is 2.38. The summed E-state index contributed by atoms with van der Waals surface area (Å²) in [5.74, 6) is 0. The second-order valence-corrected chi connectivity index (χ2v) is 17.6. The largest absolute Gasteiger partial charge is 0.310 e. The molecule has 0 N–H and O–H groups in total. The Kier molecular flexibility index (Phi) is 7.18. The lowest BCUT2D eigenvalue weighted by atomic mass is 9.81. The molecular formula is C54H41NS. The fraction of sp³-hybridized carbons (Fsp3) is 0.111. The van der Waals surface area contributed by atoms with Crippen LogP contribution >= 0.6 is 11.3 Å². The molecule has 1 nitrogen and oxygen atoms in total. The van der Waals surface area contributed by atoms with Gasteiger partial charge in [-0.15, -0.1) is 11.3 Å². The van der Waals surface area contributed by atoms with Gasteiger partial charge in [-0.25, -0.2) is 0 Å². The highest BCUT2D eigenvalue weighted by atomic mass is 32.1. The van der Waals surface area contributed by atoms with E-state index in [9.17, 15) is 0 Å². The van der Waals surface area contributed by atoms with E-state index < -0.39 is 0 Å². The number of thiophene rings is 1. The first kappa shape index (κ1) is 33.1. The van der Waals surface area contributed by atoms with E-state index >= 15 is 0 Å². The van der Waals surface area contributed by atoms with Crippen molar-refractivity contribution in [3.05, 3.63) is 198 Å². The molecule has 56 heavy (non-hydrogen) atoms. The van der Waals surface area contributed by atoms with Crippen LogP contribution in [0.3, 0.4) is 0 Å². The monoisotopic (exact) mass is 735 g/mol. The lowest BCUT2D eigenvalue weighted by Gasteiger charge is -2.29. The van der Waals surface area contributed by atoms with E-state index in [1.165, 1.54) is 92.6 Å². The van der Waals surface area contributed by atoms with Gasteiger partial charge in [0.15, 0.2) is 0 Å². The molecule has 8 aromatic carbocycles. The van der Waals surface area contributed by atoms with Crippen LogP contribution in [-0.4, -0.2) is 0 Å². The van der Waals surface area contributed by atoms with E-state index in [1.54, 1.807) is 0 Å². The topological polar surface area (TPSA) is 3.24 Å². The zero-order chi connectivity index (χ0) is 37.8. The van der Waals surface area contributed by atoms with Crippen LogP contribution in [0.5, 0.6) is 0 Å². The Hall–Kier alpha value is -6.22. The molecule has 0 unspecified atom stereocenters. The standard InChI is InChI=1S/C54H41NS/c1-53(2)46-16-9-6-14-44(46)52-47(53)17-11-18-49(52)55(39-28-22-35(23-29-39)37-25-31-43-42-13-7-10-19-50(42)56-51(43)33-37)38-26-20-34(21-27-38)36-24-30-41-40-12-5-8-15-45(40)54(3,4)48(41)32-36/h5-33H,1-4H3. The lowest BCUT2D eigenvalue weighted by Crippen LogP contribution is -2.16. The number of rotatable bonds is 5. The average molecular weight is 736 g/mol. The van der Waals surface area contributed by atoms with Crippen LogP contribution in [0.25, 0.3) is 64.7 Å². The van der Waals surface area contributed by atoms with Crippen molar-refractivity contribution in [1.29, 1.82) is 0 Å². The first-order valence-corrected chi connectivity index (χ1v) is 20.5. The normalized spacial score (nSPS) is 14.4. The Bertz CT molecular complexity index is 3010. The second-order valence-electron chi connectivity index (χ2n) is 16.5. The quantitative estimate of drug-likeness (QED) is 0.170. The molecule has 0 fully saturated rings. The summed E-state index contributed by atoms with van der Waals surface area (Å²) >= 11 is 1.87. The Morgan fingerprint density at radius 1 is 0.375 bits per heavy atom. The molecule has 0 aliphatic heterocycles. The van der Waals surface area contributed by atoms with Crippen LogP contribution in [0.2, 0.25) is 0 Å². The number of anilines is 3. The summed E-state index contributed by atoms with van der Waals surface area (Å²) in [6, 6.07) is 65.7. The molecule has 0 atom stereocenters. The van der Waals surface area contributed by atoms with Crippen molar-refractivity contribution < 1.29 is 0 Å². The van der Waals surface area contributed by atoms with Gasteiger partial charge in [-0.3, -0.25) is 0 Å². The van der Waals surface area contributed by atoms with Gasteiger partial charge in [0.05, 0.1) is 5.69 Å². The maximum Gasteiger partial charge on any atom is 0.0543 e. The van der Waals surface area contributed by atoms with Gasteiger partial charge in [-0.05, 0) is 110 Å². The van der Waals surface area contributed by atoms with Gasteiger partial charge in [0.1, 0.15) is 0 Å². The minimum absolute atomic E-state index is 0.0355. The molecular weight excluding hydrogens is 695 g/mol. The third-order valence-electron chi connectivity index (χ3n) is 12.7. The maximum atomic E-state index is 2.46. The zero-order valence-electron chi connectivity index (χ0n) is 32.1. The minimum atomic E-state index is -0.0897. The Balaban J connectivity index is 1.02. The fourth-order valence-corrected chi connectivity index (χ4v) is 10.9. The molecule has 0 spiro atoms. The maximum absolute atomic E-state index is 2.46. The number of benzene rings is 8. The van der Waals surface area contributed by atoms with E-state index in [0.717, 1.165) is 11.4 Å². The molecule has 0 amide bonds. The summed E-state index contributed by atoms with van der Waals surface area (Å²) in [5.41, 5.74) is 19.2. The van der Waals surface area contributed by atoms with Crippen LogP contribution in [0, 0.1) is 0 Å². The van der Waals surface area contributed by atoms with E-state index in [2.05, 4.69) is 209 Å². The third-order valence-corrected chi connectivity index (χ3v) is 13.8. The van der Waals surface area contributed by atoms with Gasteiger partial charge >= 0.3 is 0 Å². The van der Waals surface area contributed by atoms with Crippen LogP contribution in [0.1, 0.15) is 49.9 Å². The van der Waals surface area contributed by atoms with E-state index in [-0.39, 0.29) is 10.8 Å². The number of hydrogen-bond acceptors (Lipinski definition) is 2. The predicted molar refractivity (Wildman–Crippen MR) is 240 cm³/mol. The van der Waals surface area contributed by atoms with Crippen LogP contribution in [-0.2, 0) is 10.8 Å². The van der Waals surface area contributed by atoms with Crippen molar-refractivity contribution in [3.63, 3.8) is 0 Å². The SMILES string of the molecule is CC1(C)c2ccccc2-c2ccc(-c3ccc(N(c4ccc(-c5ccc6c(c5)sc5ccccc56)cc4)c4cccc5c4-c4ccccc4C5(C)C)cc3)cc21. The molecule has 268 valence electrons. The van der Waals surface area contributed by atoms with Gasteiger partial charge in [0, 0.05) is 47.9 Å². The highest BCUT2D eigenvalue weighted by Crippen LogP contribution is 2.54. The first-order chi connectivity index (χ1) is 27.3. The van der Waals surface area contributed by atoms with Crippen LogP contribution < -0.4 is 4.90 Å². The zero-order valence-corrected chi connectivity index (χ0v) is 32.9. The second kappa shape index (κ2) is 12.1. The van der Waals surface area contributed by atoms with Crippen molar-refractivity contribution in [2.24, 2.45) is 0 Å². The molecule has 0 bridgehead atoms. The van der Waals surface area contributed by atoms with Gasteiger partial charge in [-0.1, -0.05) is 155 Å². The highest BCUT2D eigenvalue weighted by molar-refractivity contribution is 7.25. The number of hydrogen-bond donors (Lipinski definition) is 0. The molecule has 1 aromatic heterocycles. The van der Waals surface area contributed by atoms with Crippen molar-refractivity contribution >= 4 is 48.6 Å². The fourth-order valence-electron chi connectivity index (χ4n) is 9.74. The third kappa shape index (κ3) is 4.85. The summed E-state index contributed by atoms with van der Waals surface area (Å²) in [5, 5.41) is 2.66. The smallest absolute Gasteiger partial charge is 0.0543 e. The molecule has 0 radical (unpaired) electrons. The van der Waals surface area contributed by atoms with Gasteiger partial charge in [0.25, 0.3) is 0 Å². The Labute approximate surface area is 333 Å². The molecule has 2 aliphatic rings. The van der Waals surface area contributed by atoms with E-state index in [1.807, 2.05) is 11.3 Å². The van der Waals surface area contributed by atoms with E-state index in [0.29, 0.717) is 0 Å². The molecule has 1 heterocycles. The van der Waals surface area contributed by atoms with Gasteiger partial charge in [-0.2, -0.15) is 0 Å². The van der Waals surface area contributed by atoms with Crippen molar-refractivity contribution in [2.45, 2.75) is 38.5 Å². The van der Waals surface area contributed by atoms with Crippen molar-refractivity contribution in [3.8, 4) is 44.5 Å². The molecule has 0 saturated heterocycles. The van der Waals surface area contributed by atoms with Crippen molar-refractivity contribution in [1.82, 2.24) is 0 Å². The summed E-state index contributed by atoms with van der Waals surface area (Å²) in [6.45, 7) is 9.43.